The first-order valence-electron chi connectivity index (χ1n) is 6.78. The van der Waals surface area contributed by atoms with Crippen molar-refractivity contribution >= 4 is 10.0 Å². The lowest BCUT2D eigenvalue weighted by Crippen LogP contribution is -2.41. The van der Waals surface area contributed by atoms with E-state index in [0.29, 0.717) is 0 Å². The van der Waals surface area contributed by atoms with E-state index in [1.54, 1.807) is 0 Å². The molecule has 1 aliphatic rings. The van der Waals surface area contributed by atoms with Crippen LogP contribution in [-0.4, -0.2) is 33.3 Å². The van der Waals surface area contributed by atoms with E-state index < -0.39 is 10.0 Å². The summed E-state index contributed by atoms with van der Waals surface area (Å²) in [5.41, 5.74) is 0. The third-order valence-corrected chi connectivity index (χ3v) is 4.93. The van der Waals surface area contributed by atoms with Gasteiger partial charge in [-0.1, -0.05) is 20.3 Å². The molecule has 1 heterocycles. The van der Waals surface area contributed by atoms with Crippen LogP contribution < -0.4 is 10.0 Å². The molecule has 17 heavy (non-hydrogen) atoms. The van der Waals surface area contributed by atoms with Gasteiger partial charge in [0.25, 0.3) is 0 Å². The minimum atomic E-state index is -3.10. The second-order valence-electron chi connectivity index (χ2n) is 5.01. The highest BCUT2D eigenvalue weighted by atomic mass is 32.2. The molecule has 0 bridgehead atoms. The summed E-state index contributed by atoms with van der Waals surface area (Å²) in [6, 6.07) is 0.113. The molecule has 0 aliphatic carbocycles. The van der Waals surface area contributed by atoms with Crippen LogP contribution in [0, 0.1) is 5.92 Å². The lowest BCUT2D eigenvalue weighted by atomic mass is 10.0. The Morgan fingerprint density at radius 2 is 2.18 bits per heavy atom. The van der Waals surface area contributed by atoms with Gasteiger partial charge < -0.3 is 5.32 Å². The highest BCUT2D eigenvalue weighted by molar-refractivity contribution is 7.89. The zero-order valence-electron chi connectivity index (χ0n) is 11.0. The molecule has 0 amide bonds. The van der Waals surface area contributed by atoms with Gasteiger partial charge in [0.2, 0.25) is 10.0 Å². The zero-order chi connectivity index (χ0) is 12.7. The Kier molecular flexibility index (Phi) is 6.44. The van der Waals surface area contributed by atoms with E-state index in [0.717, 1.165) is 45.2 Å². The van der Waals surface area contributed by atoms with Gasteiger partial charge in [-0.15, -0.1) is 0 Å². The van der Waals surface area contributed by atoms with Crippen LogP contribution in [0.3, 0.4) is 0 Å². The molecule has 2 unspecified atom stereocenters. The van der Waals surface area contributed by atoms with Gasteiger partial charge in [0.15, 0.2) is 0 Å². The summed E-state index contributed by atoms with van der Waals surface area (Å²) < 4.78 is 26.8. The van der Waals surface area contributed by atoms with E-state index in [-0.39, 0.29) is 17.7 Å². The Balaban J connectivity index is 2.43. The van der Waals surface area contributed by atoms with Crippen LogP contribution in [-0.2, 0) is 10.0 Å². The highest BCUT2D eigenvalue weighted by Gasteiger charge is 2.22. The third kappa shape index (κ3) is 5.84. The average molecular weight is 262 g/mol. The number of hydrogen-bond acceptors (Lipinski definition) is 3. The van der Waals surface area contributed by atoms with Crippen LogP contribution in [0.4, 0.5) is 0 Å². The van der Waals surface area contributed by atoms with Crippen LogP contribution in [0.25, 0.3) is 0 Å². The fourth-order valence-electron chi connectivity index (χ4n) is 2.37. The van der Waals surface area contributed by atoms with Gasteiger partial charge in [-0.2, -0.15) is 0 Å². The summed E-state index contributed by atoms with van der Waals surface area (Å²) in [7, 11) is -3.10. The van der Waals surface area contributed by atoms with E-state index in [1.807, 2.05) is 6.92 Å². The summed E-state index contributed by atoms with van der Waals surface area (Å²) in [6.45, 7) is 5.98. The Bertz CT molecular complexity index is 285. The minimum Gasteiger partial charge on any atom is -0.316 e. The lowest BCUT2D eigenvalue weighted by Gasteiger charge is -2.24. The molecule has 0 spiro atoms. The standard InChI is InChI=1S/C12H26N2O2S/c1-3-6-12(4-2)14-17(15,16)10-11-7-5-8-13-9-11/h11-14H,3-10H2,1-2H3. The fourth-order valence-corrected chi connectivity index (χ4v) is 4.17. The topological polar surface area (TPSA) is 58.2 Å². The van der Waals surface area contributed by atoms with E-state index in [9.17, 15) is 8.42 Å². The molecule has 0 aromatic carbocycles. The average Bonchev–Trinajstić information content (AvgIpc) is 2.29. The molecule has 102 valence electrons. The predicted octanol–water partition coefficient (Wildman–Crippen LogP) is 1.48. The van der Waals surface area contributed by atoms with Crippen molar-refractivity contribution in [3.8, 4) is 0 Å². The molecule has 1 fully saturated rings. The summed E-state index contributed by atoms with van der Waals surface area (Å²) in [6.07, 6.45) is 4.94. The van der Waals surface area contributed by atoms with Crippen LogP contribution >= 0.6 is 0 Å². The first-order valence-corrected chi connectivity index (χ1v) is 8.43. The Morgan fingerprint density at radius 3 is 2.71 bits per heavy atom. The molecule has 2 atom stereocenters. The van der Waals surface area contributed by atoms with Gasteiger partial charge in [0.1, 0.15) is 0 Å². The Labute approximate surface area is 106 Å². The van der Waals surface area contributed by atoms with Crippen LogP contribution in [0.15, 0.2) is 0 Å². The summed E-state index contributed by atoms with van der Waals surface area (Å²) in [4.78, 5) is 0. The van der Waals surface area contributed by atoms with Crippen LogP contribution in [0.1, 0.15) is 46.0 Å². The molecule has 4 nitrogen and oxygen atoms in total. The second kappa shape index (κ2) is 7.34. The first-order chi connectivity index (χ1) is 8.07. The van der Waals surface area contributed by atoms with Crippen molar-refractivity contribution in [2.75, 3.05) is 18.8 Å². The van der Waals surface area contributed by atoms with E-state index >= 15 is 0 Å². The molecular weight excluding hydrogens is 236 g/mol. The van der Waals surface area contributed by atoms with Crippen molar-refractivity contribution in [3.05, 3.63) is 0 Å². The number of rotatable bonds is 7. The fraction of sp³-hybridized carbons (Fsp3) is 1.00. The summed E-state index contributed by atoms with van der Waals surface area (Å²) in [5, 5.41) is 3.26. The molecule has 0 aromatic rings. The maximum atomic E-state index is 12.0. The number of piperidine rings is 1. The van der Waals surface area contributed by atoms with Gasteiger partial charge in [-0.3, -0.25) is 0 Å². The number of sulfonamides is 1. The molecular formula is C12H26N2O2S. The highest BCUT2D eigenvalue weighted by Crippen LogP contribution is 2.13. The minimum absolute atomic E-state index is 0.113. The van der Waals surface area contributed by atoms with Crippen molar-refractivity contribution in [2.45, 2.75) is 52.0 Å². The van der Waals surface area contributed by atoms with Crippen LogP contribution in [0.5, 0.6) is 0 Å². The van der Waals surface area contributed by atoms with Crippen molar-refractivity contribution < 1.29 is 8.42 Å². The molecule has 5 heteroatoms. The predicted molar refractivity (Wildman–Crippen MR) is 71.5 cm³/mol. The lowest BCUT2D eigenvalue weighted by molar-refractivity contribution is 0.400. The monoisotopic (exact) mass is 262 g/mol. The smallest absolute Gasteiger partial charge is 0.212 e. The SMILES string of the molecule is CCCC(CC)NS(=O)(=O)CC1CCCNC1. The van der Waals surface area contributed by atoms with Crippen molar-refractivity contribution in [1.82, 2.24) is 10.0 Å². The van der Waals surface area contributed by atoms with Gasteiger partial charge in [-0.25, -0.2) is 13.1 Å². The Morgan fingerprint density at radius 1 is 1.41 bits per heavy atom. The molecule has 0 radical (unpaired) electrons. The van der Waals surface area contributed by atoms with E-state index in [2.05, 4.69) is 17.0 Å². The third-order valence-electron chi connectivity index (χ3n) is 3.33. The molecule has 0 aromatic heterocycles. The van der Waals surface area contributed by atoms with Gasteiger partial charge in [-0.05, 0) is 44.7 Å². The first kappa shape index (κ1) is 14.9. The van der Waals surface area contributed by atoms with Crippen LogP contribution in [0.2, 0.25) is 0 Å². The second-order valence-corrected chi connectivity index (χ2v) is 6.80. The molecule has 2 N–H and O–H groups in total. The molecule has 0 saturated carbocycles. The van der Waals surface area contributed by atoms with E-state index in [1.165, 1.54) is 0 Å². The maximum absolute atomic E-state index is 12.0. The van der Waals surface area contributed by atoms with Crippen molar-refractivity contribution in [1.29, 1.82) is 0 Å². The van der Waals surface area contributed by atoms with Crippen molar-refractivity contribution in [3.63, 3.8) is 0 Å². The number of hydrogen-bond donors (Lipinski definition) is 2. The number of nitrogens with one attached hydrogen (secondary N) is 2. The normalized spacial score (nSPS) is 23.5. The van der Waals surface area contributed by atoms with E-state index in [4.69, 9.17) is 0 Å². The Hall–Kier alpha value is -0.130. The van der Waals surface area contributed by atoms with Gasteiger partial charge in [0.05, 0.1) is 5.75 Å². The largest absolute Gasteiger partial charge is 0.316 e. The molecule has 1 saturated heterocycles. The van der Waals surface area contributed by atoms with Gasteiger partial charge in [0, 0.05) is 6.04 Å². The molecule has 1 rings (SSSR count). The summed E-state index contributed by atoms with van der Waals surface area (Å²) >= 11 is 0. The summed E-state index contributed by atoms with van der Waals surface area (Å²) in [5.74, 6) is 0.556. The molecule has 1 aliphatic heterocycles. The maximum Gasteiger partial charge on any atom is 0.212 e. The van der Waals surface area contributed by atoms with Crippen molar-refractivity contribution in [2.24, 2.45) is 5.92 Å². The van der Waals surface area contributed by atoms with Gasteiger partial charge >= 0.3 is 0 Å². The quantitative estimate of drug-likeness (QED) is 0.731. The zero-order valence-corrected chi connectivity index (χ0v) is 11.9.